The van der Waals surface area contributed by atoms with E-state index in [9.17, 15) is 4.79 Å². The number of aromatic nitrogens is 2. The van der Waals surface area contributed by atoms with Crippen molar-refractivity contribution in [2.24, 2.45) is 0 Å². The Morgan fingerprint density at radius 3 is 2.26 bits per heavy atom. The van der Waals surface area contributed by atoms with Gasteiger partial charge in [0.25, 0.3) is 0 Å². The van der Waals surface area contributed by atoms with Gasteiger partial charge in [0.15, 0.2) is 23.1 Å². The van der Waals surface area contributed by atoms with Gasteiger partial charge in [-0.15, -0.1) is 10.2 Å². The monoisotopic (exact) mass is 461 g/mol. The number of carbonyl (C=O) groups is 1. The van der Waals surface area contributed by atoms with E-state index in [1.165, 1.54) is 0 Å². The van der Waals surface area contributed by atoms with Gasteiger partial charge in [0, 0.05) is 31.5 Å². The molecule has 8 heteroatoms. The van der Waals surface area contributed by atoms with E-state index in [4.69, 9.17) is 18.9 Å². The molecule has 1 aromatic heterocycles. The van der Waals surface area contributed by atoms with E-state index in [1.807, 2.05) is 36.4 Å². The first-order valence-electron chi connectivity index (χ1n) is 11.3. The van der Waals surface area contributed by atoms with Crippen molar-refractivity contribution in [3.05, 3.63) is 54.1 Å². The smallest absolute Gasteiger partial charge is 0.204 e. The average Bonchev–Trinajstić information content (AvgIpc) is 2.88. The van der Waals surface area contributed by atoms with Gasteiger partial charge in [-0.3, -0.25) is 4.79 Å². The minimum absolute atomic E-state index is 0.0688. The summed E-state index contributed by atoms with van der Waals surface area (Å²) in [4.78, 5) is 15.2. The fourth-order valence-corrected chi connectivity index (χ4v) is 4.69. The molecule has 8 nitrogen and oxygen atoms in total. The number of rotatable bonds is 5. The summed E-state index contributed by atoms with van der Waals surface area (Å²) in [6.07, 6.45) is 1.74. The SMILES string of the molecule is COc1ccc(-c2ccc(N3CCC4(CC3)CC(=O)c3ccc(OC)c(OC)c3O4)nn2)cc1. The number of fused-ring (bicyclic) bond motifs is 1. The first-order valence-corrected chi connectivity index (χ1v) is 11.3. The highest BCUT2D eigenvalue weighted by atomic mass is 16.5. The lowest BCUT2D eigenvalue weighted by molar-refractivity contribution is 0.0207. The Kier molecular flexibility index (Phi) is 5.73. The third-order valence-corrected chi connectivity index (χ3v) is 6.64. The van der Waals surface area contributed by atoms with Gasteiger partial charge in [-0.25, -0.2) is 0 Å². The van der Waals surface area contributed by atoms with Crippen LogP contribution < -0.4 is 23.8 Å². The molecular weight excluding hydrogens is 434 g/mol. The van der Waals surface area contributed by atoms with Gasteiger partial charge in [-0.2, -0.15) is 0 Å². The molecule has 0 amide bonds. The summed E-state index contributed by atoms with van der Waals surface area (Å²) in [7, 11) is 4.78. The van der Waals surface area contributed by atoms with Crippen molar-refractivity contribution in [1.82, 2.24) is 10.2 Å². The summed E-state index contributed by atoms with van der Waals surface area (Å²) in [5, 5.41) is 8.88. The van der Waals surface area contributed by atoms with E-state index in [0.29, 0.717) is 55.2 Å². The second kappa shape index (κ2) is 8.85. The van der Waals surface area contributed by atoms with E-state index in [-0.39, 0.29) is 5.78 Å². The van der Waals surface area contributed by atoms with Crippen LogP contribution in [0.15, 0.2) is 48.5 Å². The number of hydrogen-bond acceptors (Lipinski definition) is 8. The van der Waals surface area contributed by atoms with Gasteiger partial charge < -0.3 is 23.8 Å². The number of ketones is 1. The quantitative estimate of drug-likeness (QED) is 0.560. The Morgan fingerprint density at radius 1 is 0.882 bits per heavy atom. The van der Waals surface area contributed by atoms with Crippen LogP contribution >= 0.6 is 0 Å². The van der Waals surface area contributed by atoms with Crippen LogP contribution in [0.3, 0.4) is 0 Å². The molecule has 0 N–H and O–H groups in total. The molecule has 2 aliphatic heterocycles. The maximum absolute atomic E-state index is 13.0. The molecular formula is C26H27N3O5. The van der Waals surface area contributed by atoms with Crippen molar-refractivity contribution >= 4 is 11.6 Å². The van der Waals surface area contributed by atoms with Crippen LogP contribution in [0.1, 0.15) is 29.6 Å². The van der Waals surface area contributed by atoms with E-state index >= 15 is 0 Å². The van der Waals surface area contributed by atoms with E-state index in [0.717, 1.165) is 22.8 Å². The van der Waals surface area contributed by atoms with Crippen molar-refractivity contribution in [1.29, 1.82) is 0 Å². The lowest BCUT2D eigenvalue weighted by atomic mass is 9.82. The fourth-order valence-electron chi connectivity index (χ4n) is 4.69. The van der Waals surface area contributed by atoms with Gasteiger partial charge in [-0.1, -0.05) is 0 Å². The topological polar surface area (TPSA) is 83.0 Å². The standard InChI is InChI=1S/C26H27N3O5/c1-31-18-6-4-17(5-7-18)20-9-11-23(28-27-20)29-14-12-26(13-15-29)16-21(30)19-8-10-22(32-2)25(33-3)24(19)34-26/h4-11H,12-16H2,1-3H3. The number of ether oxygens (including phenoxy) is 4. The van der Waals surface area contributed by atoms with Crippen LogP contribution in [0.4, 0.5) is 5.82 Å². The zero-order chi connectivity index (χ0) is 23.7. The van der Waals surface area contributed by atoms with Crippen LogP contribution in [0.5, 0.6) is 23.0 Å². The minimum Gasteiger partial charge on any atom is -0.497 e. The molecule has 0 radical (unpaired) electrons. The molecule has 2 aromatic carbocycles. The molecule has 0 unspecified atom stereocenters. The predicted molar refractivity (Wildman–Crippen MR) is 127 cm³/mol. The van der Waals surface area contributed by atoms with Crippen molar-refractivity contribution in [3.63, 3.8) is 0 Å². The molecule has 3 heterocycles. The maximum Gasteiger partial charge on any atom is 0.204 e. The molecule has 0 aliphatic carbocycles. The molecule has 1 fully saturated rings. The fraction of sp³-hybridized carbons (Fsp3) is 0.346. The van der Waals surface area contributed by atoms with Gasteiger partial charge in [0.05, 0.1) is 39.0 Å². The molecule has 176 valence electrons. The number of piperidine rings is 1. The lowest BCUT2D eigenvalue weighted by Crippen LogP contribution is -2.51. The van der Waals surface area contributed by atoms with E-state index in [2.05, 4.69) is 15.1 Å². The van der Waals surface area contributed by atoms with Crippen LogP contribution in [0, 0.1) is 0 Å². The van der Waals surface area contributed by atoms with E-state index in [1.54, 1.807) is 33.5 Å². The molecule has 5 rings (SSSR count). The largest absolute Gasteiger partial charge is 0.497 e. The first-order chi connectivity index (χ1) is 16.6. The van der Waals surface area contributed by atoms with Crippen LogP contribution in [0.2, 0.25) is 0 Å². The summed E-state index contributed by atoms with van der Waals surface area (Å²) in [6.45, 7) is 1.43. The number of anilines is 1. The number of carbonyl (C=O) groups excluding carboxylic acids is 1. The van der Waals surface area contributed by atoms with Crippen molar-refractivity contribution in [3.8, 4) is 34.3 Å². The second-order valence-electron chi connectivity index (χ2n) is 8.56. The Balaban J connectivity index is 1.30. The third kappa shape index (κ3) is 3.89. The third-order valence-electron chi connectivity index (χ3n) is 6.64. The normalized spacial score (nSPS) is 16.6. The number of nitrogens with zero attached hydrogens (tertiary/aromatic N) is 3. The molecule has 2 aliphatic rings. The minimum atomic E-state index is -0.559. The molecule has 0 saturated carbocycles. The highest BCUT2D eigenvalue weighted by molar-refractivity contribution is 6.01. The van der Waals surface area contributed by atoms with E-state index < -0.39 is 5.60 Å². The molecule has 3 aromatic rings. The van der Waals surface area contributed by atoms with Gasteiger partial charge in [0.1, 0.15) is 11.4 Å². The van der Waals surface area contributed by atoms with Gasteiger partial charge in [-0.05, 0) is 48.5 Å². The summed E-state index contributed by atoms with van der Waals surface area (Å²) in [5.74, 6) is 3.19. The van der Waals surface area contributed by atoms with Gasteiger partial charge in [0.2, 0.25) is 5.75 Å². The first kappa shape index (κ1) is 22.0. The number of Topliss-reactive ketones (excluding diaryl/α,β-unsaturated/α-hetero) is 1. The lowest BCUT2D eigenvalue weighted by Gasteiger charge is -2.44. The number of methoxy groups -OCH3 is 3. The van der Waals surface area contributed by atoms with Crippen LogP contribution in [-0.4, -0.2) is 56.0 Å². The summed E-state index contributed by atoms with van der Waals surface area (Å²) < 4.78 is 22.6. The number of benzene rings is 2. The zero-order valence-electron chi connectivity index (χ0n) is 19.5. The Hall–Kier alpha value is -3.81. The molecule has 0 bridgehead atoms. The van der Waals surface area contributed by atoms with Crippen LogP contribution in [0.25, 0.3) is 11.3 Å². The van der Waals surface area contributed by atoms with Crippen molar-refractivity contribution < 1.29 is 23.7 Å². The highest BCUT2D eigenvalue weighted by Crippen LogP contribution is 2.48. The second-order valence-corrected chi connectivity index (χ2v) is 8.56. The summed E-state index contributed by atoms with van der Waals surface area (Å²) >= 11 is 0. The van der Waals surface area contributed by atoms with Gasteiger partial charge >= 0.3 is 0 Å². The highest BCUT2D eigenvalue weighted by Gasteiger charge is 2.44. The molecule has 34 heavy (non-hydrogen) atoms. The average molecular weight is 462 g/mol. The molecule has 1 spiro atoms. The van der Waals surface area contributed by atoms with Crippen molar-refractivity contribution in [2.45, 2.75) is 24.9 Å². The zero-order valence-corrected chi connectivity index (χ0v) is 19.5. The Labute approximate surface area is 198 Å². The summed E-state index contributed by atoms with van der Waals surface area (Å²) in [6, 6.07) is 15.2. The Morgan fingerprint density at radius 2 is 1.65 bits per heavy atom. The molecule has 1 saturated heterocycles. The predicted octanol–water partition coefficient (Wildman–Crippen LogP) is 4.17. The number of hydrogen-bond donors (Lipinski definition) is 0. The maximum atomic E-state index is 13.0. The molecule has 0 atom stereocenters. The van der Waals surface area contributed by atoms with Crippen LogP contribution in [-0.2, 0) is 0 Å². The summed E-state index contributed by atoms with van der Waals surface area (Å²) in [5.41, 5.74) is 1.77. The Bertz CT molecular complexity index is 1190. The van der Waals surface area contributed by atoms with Crippen molar-refractivity contribution in [2.75, 3.05) is 39.3 Å².